The van der Waals surface area contributed by atoms with Crippen LogP contribution in [0.3, 0.4) is 0 Å². The molecule has 0 radical (unpaired) electrons. The molecule has 18 heavy (non-hydrogen) atoms. The highest BCUT2D eigenvalue weighted by Crippen LogP contribution is 1.92. The minimum Gasteiger partial charge on any atom is -0.356 e. The number of sulfonamides is 1. The van der Waals surface area contributed by atoms with Gasteiger partial charge in [-0.1, -0.05) is 0 Å². The lowest BCUT2D eigenvalue weighted by atomic mass is 10.2. The number of carbonyl (C=O) groups excluding carboxylic acids is 1. The van der Waals surface area contributed by atoms with Crippen molar-refractivity contribution in [2.45, 2.75) is 39.2 Å². The standard InChI is InChI=1S/C10H23N3O3S.ClH/c1-3-17(15,16)13-8-4-7-12-10(14)6-5-9(2)11;/h9,13H,3-8,11H2,1-2H3,(H,12,14);1H. The largest absolute Gasteiger partial charge is 0.356 e. The molecule has 8 heteroatoms. The summed E-state index contributed by atoms with van der Waals surface area (Å²) in [5.41, 5.74) is 5.52. The number of carbonyl (C=O) groups is 1. The van der Waals surface area contributed by atoms with Gasteiger partial charge in [0.15, 0.2) is 0 Å². The SMILES string of the molecule is CCS(=O)(=O)NCCCNC(=O)CCC(C)N.Cl. The number of amides is 1. The minimum absolute atomic E-state index is 0. The molecule has 0 saturated heterocycles. The van der Waals surface area contributed by atoms with Crippen molar-refractivity contribution in [3.8, 4) is 0 Å². The Morgan fingerprint density at radius 3 is 2.44 bits per heavy atom. The molecule has 0 aliphatic rings. The predicted molar refractivity (Wildman–Crippen MR) is 75.2 cm³/mol. The van der Waals surface area contributed by atoms with E-state index in [4.69, 9.17) is 5.73 Å². The number of hydrogen-bond donors (Lipinski definition) is 3. The van der Waals surface area contributed by atoms with Crippen LogP contribution in [0.1, 0.15) is 33.1 Å². The molecule has 0 aromatic rings. The molecule has 0 heterocycles. The Labute approximate surface area is 116 Å². The monoisotopic (exact) mass is 301 g/mol. The summed E-state index contributed by atoms with van der Waals surface area (Å²) in [5.74, 6) is 0.0361. The van der Waals surface area contributed by atoms with Crippen molar-refractivity contribution in [2.24, 2.45) is 5.73 Å². The maximum atomic E-state index is 11.3. The third-order valence-electron chi connectivity index (χ3n) is 2.20. The fourth-order valence-corrected chi connectivity index (χ4v) is 1.75. The van der Waals surface area contributed by atoms with E-state index in [1.165, 1.54) is 0 Å². The molecule has 0 aliphatic carbocycles. The first kappa shape index (κ1) is 20.0. The summed E-state index contributed by atoms with van der Waals surface area (Å²) in [6.45, 7) is 4.26. The topological polar surface area (TPSA) is 101 Å². The van der Waals surface area contributed by atoms with Gasteiger partial charge in [-0.15, -0.1) is 12.4 Å². The minimum atomic E-state index is -3.12. The first-order valence-electron chi connectivity index (χ1n) is 5.87. The molecule has 0 bridgehead atoms. The first-order chi connectivity index (χ1) is 7.87. The summed E-state index contributed by atoms with van der Waals surface area (Å²) >= 11 is 0. The van der Waals surface area contributed by atoms with Crippen LogP contribution in [0.2, 0.25) is 0 Å². The van der Waals surface area contributed by atoms with Gasteiger partial charge in [0, 0.05) is 25.6 Å². The van der Waals surface area contributed by atoms with E-state index in [1.807, 2.05) is 6.92 Å². The Morgan fingerprint density at radius 2 is 1.94 bits per heavy atom. The van der Waals surface area contributed by atoms with Crippen LogP contribution in [-0.2, 0) is 14.8 Å². The molecular weight excluding hydrogens is 278 g/mol. The number of nitrogens with one attached hydrogen (secondary N) is 2. The molecular formula is C10H24ClN3O3S. The van der Waals surface area contributed by atoms with Crippen molar-refractivity contribution >= 4 is 28.3 Å². The second-order valence-corrected chi connectivity index (χ2v) is 6.11. The fourth-order valence-electron chi connectivity index (χ4n) is 1.09. The van der Waals surface area contributed by atoms with Crippen LogP contribution in [0, 0.1) is 0 Å². The van der Waals surface area contributed by atoms with Gasteiger partial charge in [-0.25, -0.2) is 13.1 Å². The zero-order valence-electron chi connectivity index (χ0n) is 10.9. The molecule has 0 aliphatic heterocycles. The average molecular weight is 302 g/mol. The molecule has 0 spiro atoms. The second kappa shape index (κ2) is 10.5. The Balaban J connectivity index is 0. The van der Waals surface area contributed by atoms with Gasteiger partial charge in [-0.3, -0.25) is 4.79 Å². The van der Waals surface area contributed by atoms with Crippen molar-refractivity contribution in [2.75, 3.05) is 18.8 Å². The van der Waals surface area contributed by atoms with Gasteiger partial charge in [0.2, 0.25) is 15.9 Å². The van der Waals surface area contributed by atoms with E-state index in [-0.39, 0.29) is 30.1 Å². The van der Waals surface area contributed by atoms with Crippen LogP contribution in [0.5, 0.6) is 0 Å². The molecule has 0 fully saturated rings. The molecule has 110 valence electrons. The summed E-state index contributed by atoms with van der Waals surface area (Å²) in [5, 5.41) is 2.71. The maximum Gasteiger partial charge on any atom is 0.220 e. The van der Waals surface area contributed by atoms with Crippen LogP contribution in [0.25, 0.3) is 0 Å². The molecule has 6 nitrogen and oxygen atoms in total. The third-order valence-corrected chi connectivity index (χ3v) is 3.61. The first-order valence-corrected chi connectivity index (χ1v) is 7.52. The molecule has 1 amide bonds. The van der Waals surface area contributed by atoms with Crippen LogP contribution in [0.15, 0.2) is 0 Å². The van der Waals surface area contributed by atoms with Crippen molar-refractivity contribution in [3.63, 3.8) is 0 Å². The lowest BCUT2D eigenvalue weighted by Crippen LogP contribution is -2.31. The van der Waals surface area contributed by atoms with E-state index in [2.05, 4.69) is 10.0 Å². The van der Waals surface area contributed by atoms with Crippen molar-refractivity contribution in [3.05, 3.63) is 0 Å². The smallest absolute Gasteiger partial charge is 0.220 e. The van der Waals surface area contributed by atoms with Crippen molar-refractivity contribution in [1.29, 1.82) is 0 Å². The molecule has 4 N–H and O–H groups in total. The Morgan fingerprint density at radius 1 is 1.33 bits per heavy atom. The van der Waals surface area contributed by atoms with Gasteiger partial charge >= 0.3 is 0 Å². The van der Waals surface area contributed by atoms with Crippen molar-refractivity contribution in [1.82, 2.24) is 10.0 Å². The Hall–Kier alpha value is -0.370. The van der Waals surface area contributed by atoms with Gasteiger partial charge in [-0.05, 0) is 26.7 Å². The van der Waals surface area contributed by atoms with Crippen LogP contribution >= 0.6 is 12.4 Å². The van der Waals surface area contributed by atoms with Gasteiger partial charge in [0.1, 0.15) is 0 Å². The molecule has 0 saturated carbocycles. The Bertz CT molecular complexity index is 320. The second-order valence-electron chi connectivity index (χ2n) is 4.02. The zero-order chi connectivity index (χ0) is 13.3. The molecule has 1 atom stereocenters. The highest BCUT2D eigenvalue weighted by atomic mass is 35.5. The number of nitrogens with two attached hydrogens (primary N) is 1. The fraction of sp³-hybridized carbons (Fsp3) is 0.900. The zero-order valence-corrected chi connectivity index (χ0v) is 12.6. The highest BCUT2D eigenvalue weighted by Gasteiger charge is 2.05. The van der Waals surface area contributed by atoms with Crippen LogP contribution < -0.4 is 15.8 Å². The number of hydrogen-bond acceptors (Lipinski definition) is 4. The normalized spacial score (nSPS) is 12.6. The maximum absolute atomic E-state index is 11.3. The van der Waals surface area contributed by atoms with E-state index in [9.17, 15) is 13.2 Å². The van der Waals surface area contributed by atoms with E-state index < -0.39 is 10.0 Å². The quantitative estimate of drug-likeness (QED) is 0.521. The van der Waals surface area contributed by atoms with E-state index in [0.717, 1.165) is 0 Å². The lowest BCUT2D eigenvalue weighted by Gasteiger charge is -2.07. The van der Waals surface area contributed by atoms with Crippen LogP contribution in [-0.4, -0.2) is 39.2 Å². The summed E-state index contributed by atoms with van der Waals surface area (Å²) < 4.78 is 24.6. The molecule has 0 aromatic heterocycles. The van der Waals surface area contributed by atoms with Gasteiger partial charge < -0.3 is 11.1 Å². The average Bonchev–Trinajstić information content (AvgIpc) is 2.25. The van der Waals surface area contributed by atoms with Crippen molar-refractivity contribution < 1.29 is 13.2 Å². The molecule has 0 rings (SSSR count). The van der Waals surface area contributed by atoms with E-state index in [1.54, 1.807) is 6.92 Å². The molecule has 1 unspecified atom stereocenters. The summed E-state index contributed by atoms with van der Waals surface area (Å²) in [7, 11) is -3.12. The Kier molecular flexibility index (Phi) is 11.7. The summed E-state index contributed by atoms with van der Waals surface area (Å²) in [6, 6.07) is 0.0251. The van der Waals surface area contributed by atoms with Crippen LogP contribution in [0.4, 0.5) is 0 Å². The van der Waals surface area contributed by atoms with Gasteiger partial charge in [0.25, 0.3) is 0 Å². The van der Waals surface area contributed by atoms with Gasteiger partial charge in [0.05, 0.1) is 5.75 Å². The molecule has 0 aromatic carbocycles. The van der Waals surface area contributed by atoms with E-state index >= 15 is 0 Å². The summed E-state index contributed by atoms with van der Waals surface area (Å²) in [4.78, 5) is 11.3. The number of rotatable bonds is 9. The summed E-state index contributed by atoms with van der Waals surface area (Å²) in [6.07, 6.45) is 1.66. The number of halogens is 1. The van der Waals surface area contributed by atoms with E-state index in [0.29, 0.717) is 32.4 Å². The van der Waals surface area contributed by atoms with Gasteiger partial charge in [-0.2, -0.15) is 0 Å². The highest BCUT2D eigenvalue weighted by molar-refractivity contribution is 7.89. The lowest BCUT2D eigenvalue weighted by molar-refractivity contribution is -0.121. The predicted octanol–water partition coefficient (Wildman–Crippen LogP) is -0.0188. The third kappa shape index (κ3) is 12.1.